The van der Waals surface area contributed by atoms with Crippen LogP contribution >= 0.6 is 0 Å². The molecule has 1 amide bonds. The van der Waals surface area contributed by atoms with Gasteiger partial charge in [0.1, 0.15) is 12.4 Å². The summed E-state index contributed by atoms with van der Waals surface area (Å²) in [4.78, 5) is 19.4. The lowest BCUT2D eigenvalue weighted by Crippen LogP contribution is -2.52. The van der Waals surface area contributed by atoms with Gasteiger partial charge in [0.05, 0.1) is 12.6 Å². The smallest absolute Gasteiger partial charge is 0.422 e. The summed E-state index contributed by atoms with van der Waals surface area (Å²) in [5, 5.41) is 0. The number of carbonyl (C=O) groups excluding carboxylic acids is 1. The van der Waals surface area contributed by atoms with Crippen molar-refractivity contribution in [1.29, 1.82) is 0 Å². The molecule has 6 nitrogen and oxygen atoms in total. The van der Waals surface area contributed by atoms with E-state index in [1.807, 2.05) is 0 Å². The molecule has 1 heterocycles. The SMILES string of the molecule is COC1CCC2(CC1)Cc1ccc(OCC(F)(F)F)cc1C21N=C(N)N(CCF)C1=O. The number of fused-ring (bicyclic) bond motifs is 3. The Balaban J connectivity index is 1.78. The number of nitrogens with two attached hydrogens (primary N) is 1. The van der Waals surface area contributed by atoms with Crippen LogP contribution in [0.2, 0.25) is 0 Å². The Morgan fingerprint density at radius 2 is 2.00 bits per heavy atom. The first-order valence-electron chi connectivity index (χ1n) is 10.2. The maximum atomic E-state index is 13.7. The molecule has 2 spiro atoms. The summed E-state index contributed by atoms with van der Waals surface area (Å²) in [6.07, 6.45) is -1.19. The van der Waals surface area contributed by atoms with Gasteiger partial charge in [-0.3, -0.25) is 9.69 Å². The summed E-state index contributed by atoms with van der Waals surface area (Å²) in [6, 6.07) is 4.63. The molecule has 0 radical (unpaired) electrons. The zero-order chi connectivity index (χ0) is 22.4. The molecule has 1 aliphatic heterocycles. The number of alkyl halides is 4. The Morgan fingerprint density at radius 3 is 2.61 bits per heavy atom. The maximum Gasteiger partial charge on any atom is 0.422 e. The first-order chi connectivity index (χ1) is 14.7. The molecule has 0 saturated heterocycles. The van der Waals surface area contributed by atoms with E-state index in [0.717, 1.165) is 23.3 Å². The molecule has 4 rings (SSSR count). The fourth-order valence-electron chi connectivity index (χ4n) is 5.40. The number of amides is 1. The van der Waals surface area contributed by atoms with Crippen LogP contribution in [0, 0.1) is 5.41 Å². The number of aliphatic imine (C=N–C) groups is 1. The van der Waals surface area contributed by atoms with Crippen LogP contribution in [0.4, 0.5) is 17.6 Å². The average molecular weight is 443 g/mol. The van der Waals surface area contributed by atoms with Crippen molar-refractivity contribution >= 4 is 11.9 Å². The Hall–Kier alpha value is -2.36. The van der Waals surface area contributed by atoms with Crippen LogP contribution in [0.5, 0.6) is 5.75 Å². The average Bonchev–Trinajstić information content (AvgIpc) is 3.14. The summed E-state index contributed by atoms with van der Waals surface area (Å²) in [7, 11) is 1.64. The van der Waals surface area contributed by atoms with Gasteiger partial charge in [-0.2, -0.15) is 13.2 Å². The van der Waals surface area contributed by atoms with E-state index in [4.69, 9.17) is 15.2 Å². The van der Waals surface area contributed by atoms with Crippen LogP contribution in [-0.4, -0.2) is 56.0 Å². The second kappa shape index (κ2) is 7.65. The van der Waals surface area contributed by atoms with Gasteiger partial charge in [0.2, 0.25) is 0 Å². The van der Waals surface area contributed by atoms with E-state index < -0.39 is 36.3 Å². The number of rotatable bonds is 5. The third-order valence-corrected chi connectivity index (χ3v) is 6.81. The molecule has 2 aliphatic carbocycles. The monoisotopic (exact) mass is 443 g/mol. The van der Waals surface area contributed by atoms with Crippen LogP contribution in [0.15, 0.2) is 23.2 Å². The molecule has 1 aromatic carbocycles. The van der Waals surface area contributed by atoms with Crippen molar-refractivity contribution in [2.24, 2.45) is 16.1 Å². The topological polar surface area (TPSA) is 77.2 Å². The third kappa shape index (κ3) is 3.44. The highest BCUT2D eigenvalue weighted by Gasteiger charge is 2.66. The van der Waals surface area contributed by atoms with Crippen molar-refractivity contribution in [1.82, 2.24) is 4.90 Å². The van der Waals surface area contributed by atoms with Gasteiger partial charge in [-0.05, 0) is 55.4 Å². The van der Waals surface area contributed by atoms with E-state index in [1.54, 1.807) is 13.2 Å². The number of carbonyl (C=O) groups is 1. The number of nitrogens with zero attached hydrogens (tertiary/aromatic N) is 2. The lowest BCUT2D eigenvalue weighted by atomic mass is 9.61. The van der Waals surface area contributed by atoms with E-state index in [1.165, 1.54) is 12.1 Å². The summed E-state index contributed by atoms with van der Waals surface area (Å²) in [6.45, 7) is -2.43. The maximum absolute atomic E-state index is 13.7. The van der Waals surface area contributed by atoms with Crippen LogP contribution < -0.4 is 10.5 Å². The van der Waals surface area contributed by atoms with Gasteiger partial charge in [0, 0.05) is 12.5 Å². The molecule has 1 unspecified atom stereocenters. The normalized spacial score (nSPS) is 30.2. The largest absolute Gasteiger partial charge is 0.484 e. The Labute approximate surface area is 177 Å². The van der Waals surface area contributed by atoms with Crippen molar-refractivity contribution in [3.63, 3.8) is 0 Å². The second-order valence-corrected chi connectivity index (χ2v) is 8.44. The quantitative estimate of drug-likeness (QED) is 0.710. The molecular formula is C21H25F4N3O3. The van der Waals surface area contributed by atoms with Crippen LogP contribution in [0.1, 0.15) is 36.8 Å². The van der Waals surface area contributed by atoms with Crippen molar-refractivity contribution < 1.29 is 31.8 Å². The molecule has 2 N–H and O–H groups in total. The molecule has 10 heteroatoms. The molecule has 0 bridgehead atoms. The van der Waals surface area contributed by atoms with Crippen molar-refractivity contribution in [2.45, 2.75) is 49.9 Å². The number of methoxy groups -OCH3 is 1. The van der Waals surface area contributed by atoms with Gasteiger partial charge >= 0.3 is 6.18 Å². The predicted octanol–water partition coefficient (Wildman–Crippen LogP) is 3.08. The molecular weight excluding hydrogens is 418 g/mol. The molecule has 1 atom stereocenters. The minimum absolute atomic E-state index is 0.00332. The Kier molecular flexibility index (Phi) is 5.39. The first-order valence-corrected chi connectivity index (χ1v) is 10.2. The van der Waals surface area contributed by atoms with Crippen LogP contribution in [0.3, 0.4) is 0 Å². The molecule has 170 valence electrons. The van der Waals surface area contributed by atoms with Crippen LogP contribution in [-0.2, 0) is 21.5 Å². The van der Waals surface area contributed by atoms with Crippen molar-refractivity contribution in [3.05, 3.63) is 29.3 Å². The molecule has 1 aromatic rings. The highest BCUT2D eigenvalue weighted by Crippen LogP contribution is 2.62. The zero-order valence-electron chi connectivity index (χ0n) is 17.2. The number of hydrogen-bond donors (Lipinski definition) is 1. The molecule has 1 fully saturated rings. The van der Waals surface area contributed by atoms with E-state index in [9.17, 15) is 22.4 Å². The van der Waals surface area contributed by atoms with E-state index in [2.05, 4.69) is 4.99 Å². The fourth-order valence-corrected chi connectivity index (χ4v) is 5.40. The summed E-state index contributed by atoms with van der Waals surface area (Å²) < 4.78 is 61.5. The van der Waals surface area contributed by atoms with Gasteiger partial charge in [-0.25, -0.2) is 9.38 Å². The molecule has 3 aliphatic rings. The lowest BCUT2D eigenvalue weighted by molar-refractivity contribution is -0.153. The van der Waals surface area contributed by atoms with Gasteiger partial charge in [0.15, 0.2) is 18.1 Å². The standard InChI is InChI=1S/C21H25F4N3O3/c1-30-14-4-6-19(7-5-14)11-13-2-3-15(31-12-20(23,24)25)10-16(13)21(19)17(29)28(9-8-22)18(26)27-21/h2-3,10,14H,4-9,11-12H2,1H3,(H2,26,27). The minimum atomic E-state index is -4.49. The number of halogens is 4. The lowest BCUT2D eigenvalue weighted by Gasteiger charge is -2.45. The summed E-state index contributed by atoms with van der Waals surface area (Å²) >= 11 is 0. The number of guanidine groups is 1. The predicted molar refractivity (Wildman–Crippen MR) is 104 cm³/mol. The first kappa shape index (κ1) is 21.9. The third-order valence-electron chi connectivity index (χ3n) is 6.81. The van der Waals surface area contributed by atoms with Gasteiger partial charge in [0.25, 0.3) is 5.91 Å². The van der Waals surface area contributed by atoms with Gasteiger partial charge in [-0.1, -0.05) is 6.07 Å². The molecule has 1 saturated carbocycles. The number of ether oxygens (including phenoxy) is 2. The minimum Gasteiger partial charge on any atom is -0.484 e. The van der Waals surface area contributed by atoms with Crippen LogP contribution in [0.25, 0.3) is 0 Å². The Morgan fingerprint density at radius 1 is 1.29 bits per heavy atom. The molecule has 31 heavy (non-hydrogen) atoms. The van der Waals surface area contributed by atoms with Crippen molar-refractivity contribution in [3.8, 4) is 5.75 Å². The van der Waals surface area contributed by atoms with Crippen molar-refractivity contribution in [2.75, 3.05) is 26.9 Å². The van der Waals surface area contributed by atoms with Gasteiger partial charge in [-0.15, -0.1) is 0 Å². The number of hydrogen-bond acceptors (Lipinski definition) is 5. The summed E-state index contributed by atoms with van der Waals surface area (Å²) in [5.74, 6) is -0.487. The van der Waals surface area contributed by atoms with E-state index in [0.29, 0.717) is 24.8 Å². The fraction of sp³-hybridized carbons (Fsp3) is 0.619. The van der Waals surface area contributed by atoms with Gasteiger partial charge < -0.3 is 15.2 Å². The zero-order valence-corrected chi connectivity index (χ0v) is 17.2. The summed E-state index contributed by atoms with van der Waals surface area (Å²) in [5.41, 5.74) is 5.38. The van der Waals surface area contributed by atoms with E-state index in [-0.39, 0.29) is 24.4 Å². The Bertz CT molecular complexity index is 896. The highest BCUT2D eigenvalue weighted by atomic mass is 19.4. The van der Waals surface area contributed by atoms with E-state index >= 15 is 0 Å². The molecule has 0 aromatic heterocycles. The highest BCUT2D eigenvalue weighted by molar-refractivity contribution is 6.08. The second-order valence-electron chi connectivity index (χ2n) is 8.44. The number of benzene rings is 1.